The number of carbonyl (C=O) groups is 2. The second-order valence-corrected chi connectivity index (χ2v) is 9.49. The number of aromatic nitrogens is 1. The van der Waals surface area contributed by atoms with Crippen molar-refractivity contribution >= 4 is 23.0 Å². The largest absolute Gasteiger partial charge is 0.868 e. The highest BCUT2D eigenvalue weighted by Crippen LogP contribution is 2.45. The highest BCUT2D eigenvalue weighted by Gasteiger charge is 2.41. The molecule has 1 aromatic carbocycles. The molecule has 35 heavy (non-hydrogen) atoms. The van der Waals surface area contributed by atoms with Gasteiger partial charge in [0.1, 0.15) is 0 Å². The van der Waals surface area contributed by atoms with Gasteiger partial charge in [0, 0.05) is 5.57 Å². The summed E-state index contributed by atoms with van der Waals surface area (Å²) >= 11 is 1.22. The molecule has 1 aromatic heterocycles. The van der Waals surface area contributed by atoms with Crippen LogP contribution in [0, 0.1) is 13.8 Å². The summed E-state index contributed by atoms with van der Waals surface area (Å²) in [6, 6.07) is 2.49. The molecule has 2 aromatic rings. The summed E-state index contributed by atoms with van der Waals surface area (Å²) < 4.78 is 16.4. The topological polar surface area (TPSA) is 105 Å². The number of ketones is 1. The van der Waals surface area contributed by atoms with E-state index in [4.69, 9.17) is 14.2 Å². The predicted octanol–water partition coefficient (Wildman–Crippen LogP) is 1.09. The lowest BCUT2D eigenvalue weighted by Gasteiger charge is -2.29. The highest BCUT2D eigenvalue weighted by molar-refractivity contribution is 7.14. The summed E-state index contributed by atoms with van der Waals surface area (Å²) in [6.45, 7) is 10.4. The van der Waals surface area contributed by atoms with E-state index in [1.165, 1.54) is 42.5 Å². The van der Waals surface area contributed by atoms with Crippen LogP contribution in [0.5, 0.6) is 17.2 Å². The van der Waals surface area contributed by atoms with Crippen LogP contribution in [0.2, 0.25) is 0 Å². The normalized spacial score (nSPS) is 15.8. The number of nitrogens with one attached hydrogen (secondary N) is 1. The zero-order chi connectivity index (χ0) is 25.9. The smallest absolute Gasteiger partial charge is 0.240 e. The molecule has 0 aliphatic carbocycles. The maximum atomic E-state index is 13.7. The zero-order valence-electron chi connectivity index (χ0n) is 21.3. The molecule has 0 spiro atoms. The van der Waals surface area contributed by atoms with Crippen molar-refractivity contribution in [2.45, 2.75) is 33.7 Å². The van der Waals surface area contributed by atoms with Gasteiger partial charge >= 0.3 is 0 Å². The third kappa shape index (κ3) is 4.99. The second-order valence-electron chi connectivity index (χ2n) is 8.29. The molecule has 0 bridgehead atoms. The van der Waals surface area contributed by atoms with Crippen LogP contribution in [-0.2, 0) is 4.79 Å². The highest BCUT2D eigenvalue weighted by atomic mass is 32.1. The molecule has 0 saturated heterocycles. The van der Waals surface area contributed by atoms with Crippen LogP contribution >= 0.6 is 11.3 Å². The molecular weight excluding hydrogens is 470 g/mol. The average Bonchev–Trinajstić information content (AvgIpc) is 3.33. The van der Waals surface area contributed by atoms with Crippen molar-refractivity contribution in [2.75, 3.05) is 47.5 Å². The van der Waals surface area contributed by atoms with Crippen LogP contribution in [0.25, 0.3) is 0 Å². The Kier molecular flexibility index (Phi) is 8.39. The molecule has 190 valence electrons. The number of hydrogen-bond acceptors (Lipinski definition) is 8. The van der Waals surface area contributed by atoms with Gasteiger partial charge in [-0.05, 0) is 51.2 Å². The van der Waals surface area contributed by atoms with Crippen molar-refractivity contribution in [3.8, 4) is 17.2 Å². The molecule has 1 aliphatic rings. The number of nitrogens with zero attached hydrogens (tertiary/aromatic N) is 2. The quantitative estimate of drug-likeness (QED) is 0.458. The molecule has 1 unspecified atom stereocenters. The molecule has 0 radical (unpaired) electrons. The third-order valence-corrected chi connectivity index (χ3v) is 7.42. The minimum atomic E-state index is -0.882. The molecule has 3 rings (SSSR count). The second kappa shape index (κ2) is 11.1. The number of likely N-dealkylation sites (N-methyl/N-ethyl adjacent to an activating group) is 1. The molecular formula is C25H33N3O6S. The van der Waals surface area contributed by atoms with Crippen LogP contribution < -0.4 is 24.2 Å². The summed E-state index contributed by atoms with van der Waals surface area (Å²) in [5.41, 5.74) is 1.00. The molecule has 10 heteroatoms. The minimum absolute atomic E-state index is 0.0782. The molecule has 1 N–H and O–H groups in total. The van der Waals surface area contributed by atoms with E-state index in [1.807, 2.05) is 0 Å². The molecule has 1 amide bonds. The number of methoxy groups -OCH3 is 3. The van der Waals surface area contributed by atoms with E-state index < -0.39 is 23.5 Å². The van der Waals surface area contributed by atoms with Crippen LogP contribution in [0.3, 0.4) is 0 Å². The van der Waals surface area contributed by atoms with E-state index >= 15 is 0 Å². The first-order chi connectivity index (χ1) is 16.7. The Balaban J connectivity index is 2.17. The molecule has 2 heterocycles. The van der Waals surface area contributed by atoms with Crippen LogP contribution in [0.4, 0.5) is 0 Å². The number of hydrogen-bond donors (Lipinski definition) is 1. The van der Waals surface area contributed by atoms with E-state index in [0.717, 1.165) is 18.1 Å². The summed E-state index contributed by atoms with van der Waals surface area (Å²) in [4.78, 5) is 34.4. The third-order valence-electron chi connectivity index (χ3n) is 6.35. The van der Waals surface area contributed by atoms with Gasteiger partial charge in [-0.3, -0.25) is 9.59 Å². The van der Waals surface area contributed by atoms with Gasteiger partial charge < -0.3 is 29.1 Å². The summed E-state index contributed by atoms with van der Waals surface area (Å²) in [6.07, 6.45) is 0. The lowest BCUT2D eigenvalue weighted by Crippen LogP contribution is -3.12. The molecule has 1 atom stereocenters. The lowest BCUT2D eigenvalue weighted by molar-refractivity contribution is -0.895. The Bertz CT molecular complexity index is 1110. The van der Waals surface area contributed by atoms with Crippen molar-refractivity contribution in [1.29, 1.82) is 0 Å². The van der Waals surface area contributed by atoms with E-state index in [-0.39, 0.29) is 5.57 Å². The van der Waals surface area contributed by atoms with Crippen LogP contribution in [0.1, 0.15) is 45.8 Å². The lowest BCUT2D eigenvalue weighted by atomic mass is 9.94. The standard InChI is InChI=1S/C25H33N3O6S/c1-8-27(9-2)10-11-28-20(16-12-17(32-5)23(34-7)18(13-16)33-6)19(22(30)25(28)31)21(29)24-14(3)26-15(4)35-24/h12-13,20,30H,8-11H2,1-7H3. The zero-order valence-corrected chi connectivity index (χ0v) is 22.1. The van der Waals surface area contributed by atoms with Crippen molar-refractivity contribution in [1.82, 2.24) is 9.88 Å². The van der Waals surface area contributed by atoms with Gasteiger partial charge in [0.05, 0.1) is 69.1 Å². The van der Waals surface area contributed by atoms with Gasteiger partial charge in [0.15, 0.2) is 11.5 Å². The molecule has 9 nitrogen and oxygen atoms in total. The number of amides is 1. The Morgan fingerprint density at radius 3 is 2.17 bits per heavy atom. The van der Waals surface area contributed by atoms with Crippen molar-refractivity contribution in [2.24, 2.45) is 0 Å². The molecule has 0 saturated carbocycles. The van der Waals surface area contributed by atoms with Gasteiger partial charge in [0.2, 0.25) is 17.4 Å². The SMILES string of the molecule is CC[NH+](CC)CCN1C(=O)C([O-])=C(C(=O)c2sc(C)nc2C)C1c1cc(OC)c(OC)c(OC)c1. The fourth-order valence-corrected chi connectivity index (χ4v) is 5.33. The summed E-state index contributed by atoms with van der Waals surface area (Å²) in [5, 5.41) is 14.0. The van der Waals surface area contributed by atoms with Gasteiger partial charge in [-0.15, -0.1) is 11.3 Å². The first-order valence-electron chi connectivity index (χ1n) is 11.6. The number of ether oxygens (including phenoxy) is 3. The van der Waals surface area contributed by atoms with E-state index in [1.54, 1.807) is 26.0 Å². The number of benzene rings is 1. The predicted molar refractivity (Wildman–Crippen MR) is 130 cm³/mol. The monoisotopic (exact) mass is 503 g/mol. The number of carbonyl (C=O) groups excluding carboxylic acids is 2. The molecule has 1 aliphatic heterocycles. The number of aryl methyl sites for hydroxylation is 2. The average molecular weight is 504 g/mol. The van der Waals surface area contributed by atoms with Gasteiger partial charge in [-0.1, -0.05) is 0 Å². The van der Waals surface area contributed by atoms with E-state index in [2.05, 4.69) is 18.8 Å². The molecule has 0 fully saturated rings. The van der Waals surface area contributed by atoms with Crippen molar-refractivity contribution < 1.29 is 33.8 Å². The van der Waals surface area contributed by atoms with Gasteiger partial charge in [-0.25, -0.2) is 4.98 Å². The van der Waals surface area contributed by atoms with E-state index in [9.17, 15) is 14.7 Å². The number of thiazole rings is 1. The van der Waals surface area contributed by atoms with Crippen LogP contribution in [0.15, 0.2) is 23.5 Å². The summed E-state index contributed by atoms with van der Waals surface area (Å²) in [7, 11) is 4.48. The number of rotatable bonds is 11. The van der Waals surface area contributed by atoms with Crippen molar-refractivity contribution in [3.63, 3.8) is 0 Å². The summed E-state index contributed by atoms with van der Waals surface area (Å²) in [5.74, 6) is -0.802. The van der Waals surface area contributed by atoms with Crippen LogP contribution in [-0.4, -0.2) is 69.1 Å². The Morgan fingerprint density at radius 1 is 1.11 bits per heavy atom. The number of quaternary nitrogens is 1. The Hall–Kier alpha value is -3.11. The fraction of sp³-hybridized carbons (Fsp3) is 0.480. The van der Waals surface area contributed by atoms with Gasteiger partial charge in [0.25, 0.3) is 0 Å². The first-order valence-corrected chi connectivity index (χ1v) is 12.4. The Morgan fingerprint density at radius 2 is 1.71 bits per heavy atom. The minimum Gasteiger partial charge on any atom is -0.868 e. The van der Waals surface area contributed by atoms with E-state index in [0.29, 0.717) is 46.5 Å². The number of Topliss-reactive ketones (excluding diaryl/α,β-unsaturated/α-hetero) is 1. The van der Waals surface area contributed by atoms with Crippen molar-refractivity contribution in [3.05, 3.63) is 44.6 Å². The Labute approximate surface area is 209 Å². The maximum absolute atomic E-state index is 13.7. The van der Waals surface area contributed by atoms with Gasteiger partial charge in [-0.2, -0.15) is 0 Å². The fourth-order valence-electron chi connectivity index (χ4n) is 4.45. The maximum Gasteiger partial charge on any atom is 0.240 e. The first kappa shape index (κ1) is 26.5.